The van der Waals surface area contributed by atoms with Crippen LogP contribution in [0.4, 0.5) is 17.5 Å². The smallest absolute Gasteiger partial charge is 0.324 e. The second-order valence-electron chi connectivity index (χ2n) is 12.5. The molecule has 2 saturated heterocycles. The van der Waals surface area contributed by atoms with E-state index in [4.69, 9.17) is 18.5 Å². The third-order valence-corrected chi connectivity index (χ3v) is 9.06. The number of aryl methyl sites for hydroxylation is 2. The molecular weight excluding hydrogens is 644 g/mol. The van der Waals surface area contributed by atoms with Gasteiger partial charge in [0.1, 0.15) is 0 Å². The number of aromatic nitrogens is 4. The third-order valence-electron chi connectivity index (χ3n) is 9.06. The van der Waals surface area contributed by atoms with Crippen molar-refractivity contribution in [2.24, 2.45) is 9.98 Å². The molecule has 0 amide bonds. The molecule has 3 aliphatic heterocycles. The van der Waals surface area contributed by atoms with Gasteiger partial charge in [-0.3, -0.25) is 9.05 Å². The summed E-state index contributed by atoms with van der Waals surface area (Å²) in [6.07, 6.45) is 5.96. The molecule has 0 bridgehead atoms. The molecule has 5 heterocycles. The number of anilines is 1. The maximum Gasteiger partial charge on any atom is 0.324 e. The number of hydrogen-bond acceptors (Lipinski definition) is 14. The number of rotatable bonds is 12. The van der Waals surface area contributed by atoms with Gasteiger partial charge in [-0.25, -0.2) is 9.98 Å². The van der Waals surface area contributed by atoms with E-state index in [0.29, 0.717) is 72.0 Å². The van der Waals surface area contributed by atoms with E-state index in [2.05, 4.69) is 44.0 Å². The summed E-state index contributed by atoms with van der Waals surface area (Å²) in [5.41, 5.74) is 3.22. The average molecular weight is 687 g/mol. The minimum Gasteiger partial charge on any atom is -0.861 e. The van der Waals surface area contributed by atoms with Gasteiger partial charge < -0.3 is 29.9 Å². The van der Waals surface area contributed by atoms with Crippen molar-refractivity contribution in [1.82, 2.24) is 15.9 Å². The topological polar surface area (TPSA) is 171 Å². The highest BCUT2D eigenvalue weighted by Gasteiger charge is 2.27. The van der Waals surface area contributed by atoms with Gasteiger partial charge >= 0.3 is 11.8 Å². The van der Waals surface area contributed by atoms with Crippen LogP contribution in [0.15, 0.2) is 86.0 Å². The Morgan fingerprint density at radius 2 is 1.46 bits per heavy atom. The zero-order chi connectivity index (χ0) is 34.1. The van der Waals surface area contributed by atoms with Crippen LogP contribution in [0.25, 0.3) is 0 Å². The van der Waals surface area contributed by atoms with E-state index in [1.807, 2.05) is 51.3 Å². The molecule has 4 aromatic rings. The summed E-state index contributed by atoms with van der Waals surface area (Å²) >= 11 is 0. The number of morpholine rings is 2. The van der Waals surface area contributed by atoms with E-state index in [-0.39, 0.29) is 36.2 Å². The van der Waals surface area contributed by atoms with Crippen molar-refractivity contribution in [3.05, 3.63) is 78.1 Å². The molecule has 3 aliphatic rings. The molecule has 2 aromatic heterocycles. The predicted octanol–water partition coefficient (Wildman–Crippen LogP) is -0.933. The van der Waals surface area contributed by atoms with Crippen molar-refractivity contribution in [2.75, 3.05) is 80.6 Å². The second kappa shape index (κ2) is 16.1. The summed E-state index contributed by atoms with van der Waals surface area (Å²) in [5, 5.41) is 42.8. The molecule has 0 unspecified atom stereocenters. The standard InChI is InChI=1S/C34H42N10O6/c45-31(36-32-24-43(38-49-32)41-14-18-47-19-15-41)23-40-22-28(12-11-27-8-4-5-9-30(27)40)35-29(13-10-26-6-2-1-3-7-26)34(46)37-33-25-44(39-50-33)42-16-20-48-21-17-42/h1-9,24-25,28-29,35H,10-23H2/t28-,29-/m0/s1. The quantitative estimate of drug-likeness (QED) is 0.111. The van der Waals surface area contributed by atoms with E-state index in [9.17, 15) is 10.2 Å². The molecule has 2 fully saturated rings. The van der Waals surface area contributed by atoms with Crippen LogP contribution in [-0.4, -0.2) is 100 Å². The molecule has 0 spiro atoms. The molecular formula is C34H42N10O6. The highest BCUT2D eigenvalue weighted by molar-refractivity contribution is 5.80. The number of nitrogens with one attached hydrogen (secondary N) is 1. The molecule has 7 rings (SSSR count). The summed E-state index contributed by atoms with van der Waals surface area (Å²) in [4.78, 5) is 13.7. The highest BCUT2D eigenvalue weighted by atomic mass is 16.5. The van der Waals surface area contributed by atoms with Crippen molar-refractivity contribution < 1.29 is 38.3 Å². The van der Waals surface area contributed by atoms with Gasteiger partial charge in [0, 0.05) is 30.9 Å². The zero-order valence-electron chi connectivity index (χ0n) is 27.9. The summed E-state index contributed by atoms with van der Waals surface area (Å²) in [5.74, 6) is -0.437. The van der Waals surface area contributed by atoms with Crippen molar-refractivity contribution in [3.63, 3.8) is 0 Å². The number of aliphatic imine (C=N–C) groups is 2. The van der Waals surface area contributed by atoms with Crippen LogP contribution in [0.2, 0.25) is 0 Å². The summed E-state index contributed by atoms with van der Waals surface area (Å²) in [6, 6.07) is 17.4. The molecule has 2 aromatic carbocycles. The first-order chi connectivity index (χ1) is 24.6. The monoisotopic (exact) mass is 686 g/mol. The Labute approximate surface area is 289 Å². The van der Waals surface area contributed by atoms with Crippen LogP contribution in [-0.2, 0) is 22.3 Å². The first-order valence-corrected chi connectivity index (χ1v) is 17.1. The number of nitrogens with zero attached hydrogens (tertiary/aromatic N) is 9. The number of fused-ring (bicyclic) bond motifs is 1. The Morgan fingerprint density at radius 3 is 2.14 bits per heavy atom. The normalized spacial score (nSPS) is 19.7. The number of hydrogen-bond donors (Lipinski definition) is 1. The van der Waals surface area contributed by atoms with Gasteiger partial charge in [-0.15, -0.1) is 10.0 Å². The second-order valence-corrected chi connectivity index (χ2v) is 12.5. The zero-order valence-corrected chi connectivity index (χ0v) is 27.9. The van der Waals surface area contributed by atoms with Gasteiger partial charge in [-0.05, 0) is 54.7 Å². The summed E-state index contributed by atoms with van der Waals surface area (Å²) in [6.45, 7) is 5.53. The van der Waals surface area contributed by atoms with Crippen molar-refractivity contribution in [1.29, 1.82) is 0 Å². The maximum atomic E-state index is 13.8. The molecule has 0 radical (unpaired) electrons. The Hall–Kier alpha value is -5.06. The minimum atomic E-state index is -0.601. The molecule has 264 valence electrons. The number of para-hydroxylation sites is 1. The fourth-order valence-corrected chi connectivity index (χ4v) is 6.47. The van der Waals surface area contributed by atoms with Gasteiger partial charge in [0.15, 0.2) is 0 Å². The van der Waals surface area contributed by atoms with E-state index >= 15 is 0 Å². The van der Waals surface area contributed by atoms with Gasteiger partial charge in [-0.1, -0.05) is 48.5 Å². The van der Waals surface area contributed by atoms with Gasteiger partial charge in [0.05, 0.1) is 62.2 Å². The van der Waals surface area contributed by atoms with Crippen LogP contribution < -0.4 is 40.0 Å². The Morgan fingerprint density at radius 1 is 0.840 bits per heavy atom. The number of ether oxygens (including phenoxy) is 2. The molecule has 1 N–H and O–H groups in total. The molecule has 2 atom stereocenters. The first kappa shape index (κ1) is 33.4. The Balaban J connectivity index is 1.08. The van der Waals surface area contributed by atoms with Crippen LogP contribution >= 0.6 is 0 Å². The predicted molar refractivity (Wildman–Crippen MR) is 178 cm³/mol. The molecule has 16 nitrogen and oxygen atoms in total. The average Bonchev–Trinajstić information content (AvgIpc) is 3.79. The lowest BCUT2D eigenvalue weighted by molar-refractivity contribution is -0.760. The van der Waals surface area contributed by atoms with E-state index in [1.54, 1.807) is 22.0 Å². The van der Waals surface area contributed by atoms with Crippen molar-refractivity contribution >= 4 is 29.3 Å². The van der Waals surface area contributed by atoms with Crippen LogP contribution in [0.1, 0.15) is 24.0 Å². The Bertz CT molecular complexity index is 1730. The van der Waals surface area contributed by atoms with Gasteiger partial charge in [0.2, 0.25) is 10.5 Å². The summed E-state index contributed by atoms with van der Waals surface area (Å²) in [7, 11) is 0. The highest BCUT2D eigenvalue weighted by Crippen LogP contribution is 2.27. The number of benzene rings is 2. The van der Waals surface area contributed by atoms with E-state index in [0.717, 1.165) is 29.7 Å². The minimum absolute atomic E-state index is 0.0278. The first-order valence-electron chi connectivity index (χ1n) is 17.1. The third kappa shape index (κ3) is 8.56. The van der Waals surface area contributed by atoms with Gasteiger partial charge in [-0.2, -0.15) is 0 Å². The molecule has 0 aliphatic carbocycles. The van der Waals surface area contributed by atoms with Crippen LogP contribution in [0, 0.1) is 0 Å². The van der Waals surface area contributed by atoms with Gasteiger partial charge in [0.25, 0.3) is 12.4 Å². The molecule has 50 heavy (non-hydrogen) atoms. The largest absolute Gasteiger partial charge is 0.861 e. The lowest BCUT2D eigenvalue weighted by Crippen LogP contribution is -2.62. The van der Waals surface area contributed by atoms with E-state index in [1.165, 1.54) is 0 Å². The lowest BCUT2D eigenvalue weighted by atomic mass is 10.0. The van der Waals surface area contributed by atoms with Crippen LogP contribution in [0.3, 0.4) is 0 Å². The van der Waals surface area contributed by atoms with E-state index < -0.39 is 6.04 Å². The fraction of sp³-hybridized carbons (Fsp3) is 0.471. The molecule has 16 heteroatoms. The maximum absolute atomic E-state index is 13.8. The Kier molecular flexibility index (Phi) is 10.8. The lowest BCUT2D eigenvalue weighted by Gasteiger charge is -2.33. The molecule has 0 saturated carbocycles. The van der Waals surface area contributed by atoms with Crippen molar-refractivity contribution in [2.45, 2.75) is 37.8 Å². The van der Waals surface area contributed by atoms with Crippen LogP contribution in [0.5, 0.6) is 0 Å². The fourth-order valence-electron chi connectivity index (χ4n) is 6.47. The summed E-state index contributed by atoms with van der Waals surface area (Å²) < 4.78 is 21.6. The van der Waals surface area contributed by atoms with Crippen molar-refractivity contribution in [3.8, 4) is 0 Å². The SMILES string of the molecule is [O-]/C(CN1C[C@@H](N[C@@H](CCc2ccccc2)/C([O-])=N/c2c[n+](N3CCOCC3)no2)CCc2ccccc21)=N\c1c[n+](N2CCOCC2)no1.